The maximum absolute atomic E-state index is 11.0. The summed E-state index contributed by atoms with van der Waals surface area (Å²) in [5, 5.41) is 0. The summed E-state index contributed by atoms with van der Waals surface area (Å²) < 4.78 is 18.4. The van der Waals surface area contributed by atoms with Gasteiger partial charge in [-0.25, -0.2) is 15.0 Å². The average molecular weight is 351 g/mol. The van der Waals surface area contributed by atoms with Gasteiger partial charge in [0.05, 0.1) is 18.5 Å². The maximum atomic E-state index is 11.0. The molecule has 128 valence electrons. The highest BCUT2D eigenvalue weighted by Gasteiger charge is 2.64. The highest BCUT2D eigenvalue weighted by molar-refractivity contribution is 7.51. The molecule has 1 fully saturated rings. The third-order valence-corrected chi connectivity index (χ3v) is 5.49. The Labute approximate surface area is 137 Å². The molecule has 0 amide bonds. The van der Waals surface area contributed by atoms with E-state index in [1.54, 1.807) is 6.33 Å². The molecule has 2 aliphatic carbocycles. The molecular formula is C14H18N5O4P. The zero-order valence-electron chi connectivity index (χ0n) is 13.0. The number of nitrogens with zero attached hydrogens (tertiary/aromatic N) is 4. The summed E-state index contributed by atoms with van der Waals surface area (Å²) >= 11 is 0. The lowest BCUT2D eigenvalue weighted by atomic mass is 9.97. The van der Waals surface area contributed by atoms with Crippen molar-refractivity contribution in [2.75, 3.05) is 12.1 Å². The molecule has 2 aromatic rings. The number of ether oxygens (including phenoxy) is 1. The van der Waals surface area contributed by atoms with Crippen LogP contribution in [0.25, 0.3) is 11.2 Å². The molecule has 4 rings (SSSR count). The molecule has 2 aliphatic rings. The summed E-state index contributed by atoms with van der Waals surface area (Å²) in [7, 11) is -4.16. The quantitative estimate of drug-likeness (QED) is 0.540. The van der Waals surface area contributed by atoms with Crippen LogP contribution in [0.3, 0.4) is 0 Å². The Kier molecular flexibility index (Phi) is 3.34. The van der Waals surface area contributed by atoms with Gasteiger partial charge < -0.3 is 24.8 Å². The van der Waals surface area contributed by atoms with E-state index >= 15 is 0 Å². The van der Waals surface area contributed by atoms with Gasteiger partial charge in [0.25, 0.3) is 0 Å². The number of fused-ring (bicyclic) bond motifs is 2. The van der Waals surface area contributed by atoms with Crippen molar-refractivity contribution in [3.05, 3.63) is 24.3 Å². The number of aromatic nitrogens is 4. The van der Waals surface area contributed by atoms with Crippen LogP contribution in [0.1, 0.15) is 25.8 Å². The lowest BCUT2D eigenvalue weighted by Crippen LogP contribution is -2.16. The highest BCUT2D eigenvalue weighted by atomic mass is 31.2. The van der Waals surface area contributed by atoms with Crippen molar-refractivity contribution in [1.29, 1.82) is 0 Å². The van der Waals surface area contributed by atoms with E-state index in [0.29, 0.717) is 17.0 Å². The van der Waals surface area contributed by atoms with Gasteiger partial charge in [-0.05, 0) is 18.4 Å². The summed E-state index contributed by atoms with van der Waals surface area (Å²) in [6.45, 7) is 2.06. The summed E-state index contributed by atoms with van der Waals surface area (Å²) in [6, 6.07) is 0.0779. The minimum absolute atomic E-state index is 0.0779. The van der Waals surface area contributed by atoms with E-state index in [4.69, 9.17) is 20.3 Å². The number of anilines is 1. The zero-order valence-corrected chi connectivity index (χ0v) is 13.9. The first kappa shape index (κ1) is 15.7. The molecule has 0 aromatic carbocycles. The van der Waals surface area contributed by atoms with Crippen molar-refractivity contribution in [2.45, 2.75) is 31.9 Å². The minimum Gasteiger partial charge on any atom is -0.382 e. The molecule has 1 saturated carbocycles. The Morgan fingerprint density at radius 2 is 2.25 bits per heavy atom. The number of hydrogen-bond acceptors (Lipinski definition) is 6. The van der Waals surface area contributed by atoms with Gasteiger partial charge in [-0.15, -0.1) is 0 Å². The lowest BCUT2D eigenvalue weighted by Gasteiger charge is -2.19. The van der Waals surface area contributed by atoms with Crippen LogP contribution in [-0.4, -0.2) is 41.8 Å². The highest BCUT2D eigenvalue weighted by Crippen LogP contribution is 2.66. The second kappa shape index (κ2) is 5.10. The fourth-order valence-corrected chi connectivity index (χ4v) is 4.12. The minimum atomic E-state index is -4.16. The Morgan fingerprint density at radius 1 is 1.46 bits per heavy atom. The molecule has 3 atom stereocenters. The average Bonchev–Trinajstić information content (AvgIpc) is 2.88. The van der Waals surface area contributed by atoms with Gasteiger partial charge in [0.15, 0.2) is 11.5 Å². The van der Waals surface area contributed by atoms with Gasteiger partial charge >= 0.3 is 7.60 Å². The van der Waals surface area contributed by atoms with E-state index in [0.717, 1.165) is 18.4 Å². The molecule has 0 bridgehead atoms. The number of allylic oxidation sites excluding steroid dienone is 1. The second-order valence-corrected chi connectivity index (χ2v) is 7.91. The van der Waals surface area contributed by atoms with E-state index in [9.17, 15) is 4.57 Å². The van der Waals surface area contributed by atoms with Crippen LogP contribution < -0.4 is 5.73 Å². The fourth-order valence-electron chi connectivity index (χ4n) is 3.78. The number of nitrogen functional groups attached to an aromatic ring is 1. The van der Waals surface area contributed by atoms with Crippen LogP contribution in [0.4, 0.5) is 5.82 Å². The lowest BCUT2D eigenvalue weighted by molar-refractivity contribution is 0.104. The molecule has 0 radical (unpaired) electrons. The van der Waals surface area contributed by atoms with Gasteiger partial charge in [-0.1, -0.05) is 13.0 Å². The second-order valence-electron chi connectivity index (χ2n) is 6.33. The van der Waals surface area contributed by atoms with E-state index in [2.05, 4.69) is 28.0 Å². The zero-order chi connectivity index (χ0) is 17.1. The van der Waals surface area contributed by atoms with Gasteiger partial charge in [0, 0.05) is 5.41 Å². The Morgan fingerprint density at radius 3 is 2.92 bits per heavy atom. The molecule has 2 heterocycles. The van der Waals surface area contributed by atoms with E-state index in [1.165, 1.54) is 6.33 Å². The SMILES string of the molecule is CC[C@]12C[C@@H](n3cnc4c(N)ncnc43)C=C1C2OCP(=O)(O)O. The third-order valence-electron chi connectivity index (χ3n) is 5.01. The molecule has 9 nitrogen and oxygen atoms in total. The monoisotopic (exact) mass is 351 g/mol. The molecule has 0 spiro atoms. The van der Waals surface area contributed by atoms with Crippen molar-refractivity contribution in [3.8, 4) is 0 Å². The topological polar surface area (TPSA) is 136 Å². The largest absolute Gasteiger partial charge is 0.382 e. The summed E-state index contributed by atoms with van der Waals surface area (Å²) in [4.78, 5) is 30.5. The van der Waals surface area contributed by atoms with Gasteiger partial charge in [0.2, 0.25) is 0 Å². The van der Waals surface area contributed by atoms with Crippen LogP contribution in [0.5, 0.6) is 0 Å². The van der Waals surface area contributed by atoms with Gasteiger partial charge in [-0.3, -0.25) is 4.57 Å². The molecule has 2 aromatic heterocycles. The van der Waals surface area contributed by atoms with Crippen LogP contribution >= 0.6 is 7.60 Å². The first-order valence-corrected chi connectivity index (χ1v) is 9.47. The molecule has 0 saturated heterocycles. The Balaban J connectivity index is 1.60. The van der Waals surface area contributed by atoms with E-state index in [1.807, 2.05) is 4.57 Å². The number of imidazole rings is 1. The Hall–Kier alpha value is -1.80. The summed E-state index contributed by atoms with van der Waals surface area (Å²) in [5.74, 6) is 0.350. The van der Waals surface area contributed by atoms with Crippen LogP contribution in [0.2, 0.25) is 0 Å². The van der Waals surface area contributed by atoms with Crippen molar-refractivity contribution in [2.24, 2.45) is 5.41 Å². The van der Waals surface area contributed by atoms with Crippen molar-refractivity contribution < 1.29 is 19.1 Å². The fraction of sp³-hybridized carbons (Fsp3) is 0.500. The van der Waals surface area contributed by atoms with E-state index in [-0.39, 0.29) is 17.6 Å². The van der Waals surface area contributed by atoms with Gasteiger partial charge in [0.1, 0.15) is 18.2 Å². The summed E-state index contributed by atoms with van der Waals surface area (Å²) in [5.41, 5.74) is 8.05. The predicted molar refractivity (Wildman–Crippen MR) is 86.0 cm³/mol. The predicted octanol–water partition coefficient (Wildman–Crippen LogP) is 1.21. The smallest absolute Gasteiger partial charge is 0.351 e. The van der Waals surface area contributed by atoms with Crippen LogP contribution in [0.15, 0.2) is 24.3 Å². The molecule has 1 unspecified atom stereocenters. The molecule has 24 heavy (non-hydrogen) atoms. The van der Waals surface area contributed by atoms with E-state index < -0.39 is 13.9 Å². The standard InChI is InChI=1S/C14H18N5O4P/c1-2-14-4-8(3-9(14)11(14)23-7-24(20,21)22)19-6-18-10-12(15)16-5-17-13(10)19/h3,5-6,8,11H,2,4,7H2,1H3,(H2,15,16,17)(H2,20,21,22)/t8-,11?,14-/m0/s1. The molecule has 4 N–H and O–H groups in total. The van der Waals surface area contributed by atoms with Crippen LogP contribution in [-0.2, 0) is 9.30 Å². The molecule has 0 aliphatic heterocycles. The third kappa shape index (κ3) is 2.28. The first-order chi connectivity index (χ1) is 11.4. The normalized spacial score (nSPS) is 28.9. The summed E-state index contributed by atoms with van der Waals surface area (Å²) in [6.07, 6.45) is 6.11. The van der Waals surface area contributed by atoms with Crippen molar-refractivity contribution in [1.82, 2.24) is 19.5 Å². The van der Waals surface area contributed by atoms with Gasteiger partial charge in [-0.2, -0.15) is 0 Å². The number of nitrogens with two attached hydrogens (primary N) is 1. The number of hydrogen-bond donors (Lipinski definition) is 3. The first-order valence-electron chi connectivity index (χ1n) is 7.67. The molecule has 10 heteroatoms. The molecular weight excluding hydrogens is 333 g/mol. The Bertz CT molecular complexity index is 890. The number of rotatable bonds is 5. The van der Waals surface area contributed by atoms with Crippen molar-refractivity contribution in [3.63, 3.8) is 0 Å². The van der Waals surface area contributed by atoms with Crippen LogP contribution in [0, 0.1) is 5.41 Å². The maximum Gasteiger partial charge on any atom is 0.351 e. The van der Waals surface area contributed by atoms with Crippen molar-refractivity contribution >= 4 is 24.6 Å².